The molecule has 6 heteroatoms. The third-order valence-electron chi connectivity index (χ3n) is 4.98. The predicted octanol–water partition coefficient (Wildman–Crippen LogP) is 3.91. The van der Waals surface area contributed by atoms with Crippen molar-refractivity contribution in [2.24, 2.45) is 0 Å². The maximum Gasteiger partial charge on any atom is 0.317 e. The fourth-order valence-electron chi connectivity index (χ4n) is 3.49. The van der Waals surface area contributed by atoms with E-state index in [1.807, 2.05) is 23.1 Å². The van der Waals surface area contributed by atoms with Crippen LogP contribution in [0.5, 0.6) is 0 Å². The lowest BCUT2D eigenvalue weighted by Crippen LogP contribution is -2.43. The molecule has 0 bridgehead atoms. The van der Waals surface area contributed by atoms with Gasteiger partial charge in [0.05, 0.1) is 0 Å². The van der Waals surface area contributed by atoms with Crippen LogP contribution in [0.3, 0.4) is 0 Å². The average molecular weight is 369 g/mol. The summed E-state index contributed by atoms with van der Waals surface area (Å²) in [6.07, 6.45) is 1.92. The topological polar surface area (TPSA) is 61.4 Å². The van der Waals surface area contributed by atoms with E-state index in [1.165, 1.54) is 12.1 Å². The van der Waals surface area contributed by atoms with Gasteiger partial charge in [-0.25, -0.2) is 9.18 Å². The van der Waals surface area contributed by atoms with Gasteiger partial charge in [-0.1, -0.05) is 12.1 Å². The zero-order valence-electron chi connectivity index (χ0n) is 15.6. The maximum absolute atomic E-state index is 13.2. The maximum atomic E-state index is 13.2. The second-order valence-corrected chi connectivity index (χ2v) is 6.88. The Morgan fingerprint density at radius 2 is 2.00 bits per heavy atom. The molecule has 0 saturated carbocycles. The zero-order valence-corrected chi connectivity index (χ0v) is 15.6. The van der Waals surface area contributed by atoms with Crippen LogP contribution in [0.1, 0.15) is 40.2 Å². The number of nitrogens with one attached hydrogen (secondary N) is 2. The third-order valence-corrected chi connectivity index (χ3v) is 4.98. The Hall–Kier alpha value is -2.89. The molecule has 27 heavy (non-hydrogen) atoms. The number of benzene rings is 2. The quantitative estimate of drug-likeness (QED) is 0.862. The Kier molecular flexibility index (Phi) is 5.74. The number of anilines is 1. The summed E-state index contributed by atoms with van der Waals surface area (Å²) in [7, 11) is 1.63. The van der Waals surface area contributed by atoms with Crippen molar-refractivity contribution in [2.75, 3.05) is 25.5 Å². The molecule has 2 aromatic carbocycles. The van der Waals surface area contributed by atoms with Crippen molar-refractivity contribution in [1.82, 2.24) is 10.2 Å². The number of hydrogen-bond donors (Lipinski definition) is 2. The molecule has 1 atom stereocenters. The number of urea groups is 1. The van der Waals surface area contributed by atoms with Gasteiger partial charge < -0.3 is 15.5 Å². The fourth-order valence-corrected chi connectivity index (χ4v) is 3.49. The van der Waals surface area contributed by atoms with Gasteiger partial charge >= 0.3 is 6.03 Å². The minimum Gasteiger partial charge on any atom is -0.341 e. The van der Waals surface area contributed by atoms with E-state index < -0.39 is 0 Å². The second kappa shape index (κ2) is 8.20. The molecule has 2 aromatic rings. The van der Waals surface area contributed by atoms with E-state index in [9.17, 15) is 14.0 Å². The summed E-state index contributed by atoms with van der Waals surface area (Å²) in [6, 6.07) is 11.7. The molecule has 0 radical (unpaired) electrons. The van der Waals surface area contributed by atoms with Crippen molar-refractivity contribution in [3.63, 3.8) is 0 Å². The molecule has 0 aromatic heterocycles. The molecule has 5 nitrogen and oxygen atoms in total. The molecule has 1 fully saturated rings. The van der Waals surface area contributed by atoms with Gasteiger partial charge in [-0.2, -0.15) is 0 Å². The SMILES string of the molecule is CNC(=O)N1CCC[C@H](c2cccc(C(=O)Nc3ccc(F)cc3C)c2)C1. The van der Waals surface area contributed by atoms with E-state index in [0.29, 0.717) is 23.4 Å². The molecule has 1 saturated heterocycles. The number of rotatable bonds is 3. The van der Waals surface area contributed by atoms with E-state index in [4.69, 9.17) is 0 Å². The highest BCUT2D eigenvalue weighted by atomic mass is 19.1. The highest BCUT2D eigenvalue weighted by Gasteiger charge is 2.24. The van der Waals surface area contributed by atoms with Crippen molar-refractivity contribution in [2.45, 2.75) is 25.7 Å². The largest absolute Gasteiger partial charge is 0.341 e. The molecule has 0 unspecified atom stereocenters. The van der Waals surface area contributed by atoms with Gasteiger partial charge in [-0.05, 0) is 61.2 Å². The first kappa shape index (κ1) is 18.9. The normalized spacial score (nSPS) is 16.7. The fraction of sp³-hybridized carbons (Fsp3) is 0.333. The molecule has 142 valence electrons. The third kappa shape index (κ3) is 4.45. The van der Waals surface area contributed by atoms with Crippen LogP contribution in [-0.4, -0.2) is 37.0 Å². The lowest BCUT2D eigenvalue weighted by atomic mass is 9.89. The number of amides is 3. The van der Waals surface area contributed by atoms with Crippen LogP contribution in [-0.2, 0) is 0 Å². The molecule has 3 amide bonds. The van der Waals surface area contributed by atoms with Gasteiger partial charge in [0.1, 0.15) is 5.82 Å². The van der Waals surface area contributed by atoms with Crippen LogP contribution in [0.15, 0.2) is 42.5 Å². The van der Waals surface area contributed by atoms with Crippen molar-refractivity contribution < 1.29 is 14.0 Å². The monoisotopic (exact) mass is 369 g/mol. The lowest BCUT2D eigenvalue weighted by molar-refractivity contribution is 0.102. The summed E-state index contributed by atoms with van der Waals surface area (Å²) >= 11 is 0. The molecular weight excluding hydrogens is 345 g/mol. The van der Waals surface area contributed by atoms with Gasteiger partial charge in [0.2, 0.25) is 0 Å². The Morgan fingerprint density at radius 3 is 2.74 bits per heavy atom. The van der Waals surface area contributed by atoms with Crippen LogP contribution in [0, 0.1) is 12.7 Å². The van der Waals surface area contributed by atoms with Crippen LogP contribution in [0.2, 0.25) is 0 Å². The number of nitrogens with zero attached hydrogens (tertiary/aromatic N) is 1. The minimum atomic E-state index is -0.328. The van der Waals surface area contributed by atoms with Gasteiger partial charge in [0.15, 0.2) is 0 Å². The summed E-state index contributed by atoms with van der Waals surface area (Å²) < 4.78 is 13.2. The smallest absolute Gasteiger partial charge is 0.317 e. The highest BCUT2D eigenvalue weighted by molar-refractivity contribution is 6.04. The number of likely N-dealkylation sites (tertiary alicyclic amines) is 1. The number of piperidine rings is 1. The molecule has 2 N–H and O–H groups in total. The minimum absolute atomic E-state index is 0.0691. The first-order valence-corrected chi connectivity index (χ1v) is 9.12. The van der Waals surface area contributed by atoms with Gasteiger partial charge in [0.25, 0.3) is 5.91 Å². The van der Waals surface area contributed by atoms with E-state index in [0.717, 1.165) is 24.9 Å². The number of halogens is 1. The Bertz CT molecular complexity index is 853. The molecule has 1 heterocycles. The highest BCUT2D eigenvalue weighted by Crippen LogP contribution is 2.28. The van der Waals surface area contributed by atoms with Crippen LogP contribution >= 0.6 is 0 Å². The molecule has 1 aliphatic rings. The van der Waals surface area contributed by atoms with Gasteiger partial charge in [0, 0.05) is 37.3 Å². The summed E-state index contributed by atoms with van der Waals surface area (Å²) in [5, 5.41) is 5.51. The van der Waals surface area contributed by atoms with Crippen molar-refractivity contribution in [3.05, 3.63) is 65.0 Å². The number of hydrogen-bond acceptors (Lipinski definition) is 2. The molecule has 0 spiro atoms. The van der Waals surface area contributed by atoms with E-state index in [2.05, 4.69) is 10.6 Å². The van der Waals surface area contributed by atoms with Gasteiger partial charge in [-0.15, -0.1) is 0 Å². The Labute approximate surface area is 158 Å². The summed E-state index contributed by atoms with van der Waals surface area (Å²) in [5.74, 6) is -0.354. The van der Waals surface area contributed by atoms with Crippen molar-refractivity contribution in [1.29, 1.82) is 0 Å². The number of carbonyl (C=O) groups excluding carboxylic acids is 2. The van der Waals surface area contributed by atoms with E-state index >= 15 is 0 Å². The Morgan fingerprint density at radius 1 is 1.19 bits per heavy atom. The van der Waals surface area contributed by atoms with Crippen molar-refractivity contribution >= 4 is 17.6 Å². The lowest BCUT2D eigenvalue weighted by Gasteiger charge is -2.32. The molecule has 0 aliphatic carbocycles. The zero-order chi connectivity index (χ0) is 19.4. The Balaban J connectivity index is 1.74. The van der Waals surface area contributed by atoms with Crippen molar-refractivity contribution in [3.8, 4) is 0 Å². The van der Waals surface area contributed by atoms with Crippen LogP contribution in [0.25, 0.3) is 0 Å². The summed E-state index contributed by atoms with van der Waals surface area (Å²) in [6.45, 7) is 3.15. The van der Waals surface area contributed by atoms with E-state index in [1.54, 1.807) is 26.1 Å². The molecular formula is C21H24FN3O2. The van der Waals surface area contributed by atoms with Gasteiger partial charge in [-0.3, -0.25) is 4.79 Å². The first-order chi connectivity index (χ1) is 13.0. The summed E-state index contributed by atoms with van der Waals surface area (Å²) in [4.78, 5) is 26.3. The van der Waals surface area contributed by atoms with Crippen LogP contribution in [0.4, 0.5) is 14.9 Å². The summed E-state index contributed by atoms with van der Waals surface area (Å²) in [5.41, 5.74) is 2.86. The van der Waals surface area contributed by atoms with Crippen LogP contribution < -0.4 is 10.6 Å². The number of aryl methyl sites for hydroxylation is 1. The standard InChI is InChI=1S/C21H24FN3O2/c1-14-11-18(22)8-9-19(14)24-20(26)16-6-3-5-15(12-16)17-7-4-10-25(13-17)21(27)23-2/h3,5-6,8-9,11-12,17H,4,7,10,13H2,1-2H3,(H,23,27)(H,24,26)/t17-/m0/s1. The first-order valence-electron chi connectivity index (χ1n) is 9.12. The van der Waals surface area contributed by atoms with E-state index in [-0.39, 0.29) is 23.7 Å². The average Bonchev–Trinajstić information content (AvgIpc) is 2.69. The number of carbonyl (C=O) groups is 2. The molecule has 1 aliphatic heterocycles. The predicted molar refractivity (Wildman–Crippen MR) is 104 cm³/mol. The second-order valence-electron chi connectivity index (χ2n) is 6.88. The molecule has 3 rings (SSSR count).